The average molecular weight is 301 g/mol. The Morgan fingerprint density at radius 1 is 1.47 bits per heavy atom. The SMILES string of the molecule is CC(C)(C)[S+]([O-])NCc1ncn2c(N)cc(Cl)cc12. The van der Waals surface area contributed by atoms with Crippen LogP contribution < -0.4 is 10.5 Å². The fourth-order valence-corrected chi connectivity index (χ4v) is 2.54. The zero-order valence-corrected chi connectivity index (χ0v) is 12.7. The fourth-order valence-electron chi connectivity index (χ4n) is 1.62. The van der Waals surface area contributed by atoms with Crippen molar-refractivity contribution in [3.05, 3.63) is 29.2 Å². The molecule has 19 heavy (non-hydrogen) atoms. The van der Waals surface area contributed by atoms with Gasteiger partial charge in [0, 0.05) is 16.4 Å². The molecule has 1 atom stereocenters. The second-order valence-electron chi connectivity index (χ2n) is 5.25. The molecule has 5 nitrogen and oxygen atoms in total. The molecule has 7 heteroatoms. The quantitative estimate of drug-likeness (QED) is 0.851. The standard InChI is InChI=1S/C12H17ClN4OS/c1-12(2,3)19(18)16-6-9-10-4-8(13)5-11(14)17(10)7-15-9/h4-5,7,16H,6,14H2,1-3H3. The van der Waals surface area contributed by atoms with E-state index in [0.29, 0.717) is 17.4 Å². The third-order valence-corrected chi connectivity index (χ3v) is 4.39. The molecule has 0 aromatic carbocycles. The molecule has 2 aromatic rings. The molecule has 0 aliphatic heterocycles. The monoisotopic (exact) mass is 300 g/mol. The van der Waals surface area contributed by atoms with Gasteiger partial charge in [0.15, 0.2) is 0 Å². The van der Waals surface area contributed by atoms with Crippen molar-refractivity contribution in [1.29, 1.82) is 0 Å². The van der Waals surface area contributed by atoms with Gasteiger partial charge in [0.2, 0.25) is 0 Å². The normalized spacial score (nSPS) is 13.9. The minimum absolute atomic E-state index is 0.313. The molecular weight excluding hydrogens is 284 g/mol. The zero-order chi connectivity index (χ0) is 14.2. The Hall–Kier alpha value is -0.950. The Morgan fingerprint density at radius 3 is 2.79 bits per heavy atom. The molecule has 0 saturated heterocycles. The van der Waals surface area contributed by atoms with Crippen molar-refractivity contribution in [2.45, 2.75) is 32.1 Å². The van der Waals surface area contributed by atoms with Crippen LogP contribution >= 0.6 is 11.6 Å². The van der Waals surface area contributed by atoms with Gasteiger partial charge in [-0.15, -0.1) is 4.72 Å². The van der Waals surface area contributed by atoms with Crippen LogP contribution in [0.1, 0.15) is 26.5 Å². The van der Waals surface area contributed by atoms with E-state index >= 15 is 0 Å². The highest BCUT2D eigenvalue weighted by molar-refractivity contribution is 7.90. The molecule has 0 amide bonds. The number of imidazole rings is 1. The van der Waals surface area contributed by atoms with Crippen molar-refractivity contribution in [1.82, 2.24) is 14.1 Å². The second-order valence-corrected chi connectivity index (χ2v) is 7.73. The summed E-state index contributed by atoms with van der Waals surface area (Å²) in [5.74, 6) is 0.526. The number of fused-ring (bicyclic) bond motifs is 1. The van der Waals surface area contributed by atoms with Crippen LogP contribution in [0, 0.1) is 0 Å². The highest BCUT2D eigenvalue weighted by Crippen LogP contribution is 2.21. The molecule has 0 bridgehead atoms. The van der Waals surface area contributed by atoms with Gasteiger partial charge in [0.05, 0.1) is 17.8 Å². The number of nitrogens with zero attached hydrogens (tertiary/aromatic N) is 2. The van der Waals surface area contributed by atoms with Gasteiger partial charge in [-0.1, -0.05) is 11.6 Å². The minimum atomic E-state index is -1.14. The fraction of sp³-hybridized carbons (Fsp3) is 0.417. The Morgan fingerprint density at radius 2 is 2.16 bits per heavy atom. The highest BCUT2D eigenvalue weighted by atomic mass is 35.5. The average Bonchev–Trinajstić information content (AvgIpc) is 2.67. The van der Waals surface area contributed by atoms with Gasteiger partial charge in [0.25, 0.3) is 0 Å². The maximum atomic E-state index is 11.9. The zero-order valence-electron chi connectivity index (χ0n) is 11.1. The number of rotatable bonds is 3. The molecule has 104 valence electrons. The van der Waals surface area contributed by atoms with Crippen molar-refractivity contribution in [3.63, 3.8) is 0 Å². The molecule has 2 aromatic heterocycles. The van der Waals surface area contributed by atoms with E-state index in [1.54, 1.807) is 22.9 Å². The Kier molecular flexibility index (Phi) is 3.96. The van der Waals surface area contributed by atoms with E-state index in [1.165, 1.54) is 0 Å². The molecule has 2 heterocycles. The van der Waals surface area contributed by atoms with Gasteiger partial charge in [-0.2, -0.15) is 0 Å². The summed E-state index contributed by atoms with van der Waals surface area (Å²) in [7, 11) is 0. The highest BCUT2D eigenvalue weighted by Gasteiger charge is 2.26. The van der Waals surface area contributed by atoms with Crippen molar-refractivity contribution in [3.8, 4) is 0 Å². The van der Waals surface area contributed by atoms with Gasteiger partial charge < -0.3 is 10.3 Å². The molecule has 3 N–H and O–H groups in total. The number of halogens is 1. The number of nitrogen functional groups attached to an aromatic ring is 1. The van der Waals surface area contributed by atoms with Crippen LogP contribution in [0.5, 0.6) is 0 Å². The number of hydrogen-bond acceptors (Lipinski definition) is 4. The predicted octanol–water partition coefficient (Wildman–Crippen LogP) is 2.12. The smallest absolute Gasteiger partial charge is 0.136 e. The van der Waals surface area contributed by atoms with E-state index in [2.05, 4.69) is 9.71 Å². The van der Waals surface area contributed by atoms with E-state index in [1.807, 2.05) is 20.8 Å². The van der Waals surface area contributed by atoms with Crippen molar-refractivity contribution < 1.29 is 4.55 Å². The second kappa shape index (κ2) is 5.20. The first-order valence-corrected chi connectivity index (χ1v) is 7.38. The maximum Gasteiger partial charge on any atom is 0.136 e. The first kappa shape index (κ1) is 14.5. The third-order valence-electron chi connectivity index (χ3n) is 2.65. The molecule has 0 radical (unpaired) electrons. The first-order chi connectivity index (χ1) is 8.79. The summed E-state index contributed by atoms with van der Waals surface area (Å²) in [6.45, 7) is 6.14. The van der Waals surface area contributed by atoms with Gasteiger partial charge in [-0.3, -0.25) is 4.40 Å². The summed E-state index contributed by atoms with van der Waals surface area (Å²) in [5.41, 5.74) is 7.45. The molecule has 2 rings (SSSR count). The molecule has 0 aliphatic carbocycles. The van der Waals surface area contributed by atoms with Crippen molar-refractivity contribution in [2.24, 2.45) is 0 Å². The Labute approximate surface area is 120 Å². The van der Waals surface area contributed by atoms with Crippen molar-refractivity contribution >= 4 is 34.3 Å². The van der Waals surface area contributed by atoms with Gasteiger partial charge in [-0.05, 0) is 32.9 Å². The largest absolute Gasteiger partial charge is 0.598 e. The van der Waals surface area contributed by atoms with Crippen LogP contribution in [-0.4, -0.2) is 18.7 Å². The lowest BCUT2D eigenvalue weighted by Gasteiger charge is -2.23. The number of aromatic nitrogens is 2. The maximum absolute atomic E-state index is 11.9. The van der Waals surface area contributed by atoms with Gasteiger partial charge in [-0.25, -0.2) is 4.98 Å². The number of pyridine rings is 1. The first-order valence-electron chi connectivity index (χ1n) is 5.85. The van der Waals surface area contributed by atoms with Crippen LogP contribution in [0.4, 0.5) is 5.82 Å². The lowest BCUT2D eigenvalue weighted by molar-refractivity contribution is 0.543. The van der Waals surface area contributed by atoms with E-state index in [4.69, 9.17) is 17.3 Å². The van der Waals surface area contributed by atoms with Gasteiger partial charge in [0.1, 0.15) is 16.9 Å². The molecule has 0 aliphatic rings. The number of anilines is 1. The van der Waals surface area contributed by atoms with Gasteiger partial charge >= 0.3 is 0 Å². The summed E-state index contributed by atoms with van der Waals surface area (Å²) >= 11 is 4.85. The van der Waals surface area contributed by atoms with Crippen LogP contribution in [0.3, 0.4) is 0 Å². The van der Waals surface area contributed by atoms with E-state index in [-0.39, 0.29) is 4.75 Å². The third kappa shape index (κ3) is 3.14. The molecule has 0 saturated carbocycles. The number of nitrogens with one attached hydrogen (secondary N) is 1. The molecule has 1 unspecified atom stereocenters. The molecule has 0 fully saturated rings. The predicted molar refractivity (Wildman–Crippen MR) is 79.3 cm³/mol. The van der Waals surface area contributed by atoms with Crippen LogP contribution in [-0.2, 0) is 17.9 Å². The summed E-state index contributed by atoms with van der Waals surface area (Å²) in [6, 6.07) is 3.46. The minimum Gasteiger partial charge on any atom is -0.598 e. The topological polar surface area (TPSA) is 78.4 Å². The summed E-state index contributed by atoms with van der Waals surface area (Å²) in [6.07, 6.45) is 1.64. The Balaban J connectivity index is 2.23. The molecule has 0 spiro atoms. The lowest BCUT2D eigenvalue weighted by atomic mass is 10.3. The molecular formula is C12H17ClN4OS. The van der Waals surface area contributed by atoms with E-state index in [0.717, 1.165) is 11.2 Å². The van der Waals surface area contributed by atoms with Crippen molar-refractivity contribution in [2.75, 3.05) is 5.73 Å². The van der Waals surface area contributed by atoms with Crippen LogP contribution in [0.15, 0.2) is 18.5 Å². The summed E-state index contributed by atoms with van der Waals surface area (Å²) < 4.78 is 16.4. The van der Waals surface area contributed by atoms with E-state index < -0.39 is 11.4 Å². The van der Waals surface area contributed by atoms with E-state index in [9.17, 15) is 4.55 Å². The summed E-state index contributed by atoms with van der Waals surface area (Å²) in [4.78, 5) is 4.28. The number of nitrogens with two attached hydrogens (primary N) is 1. The Bertz CT molecular complexity index is 593. The van der Waals surface area contributed by atoms with Crippen LogP contribution in [0.2, 0.25) is 5.02 Å². The summed E-state index contributed by atoms with van der Waals surface area (Å²) in [5, 5.41) is 0.559. The van der Waals surface area contributed by atoms with Crippen LogP contribution in [0.25, 0.3) is 5.52 Å². The lowest BCUT2D eigenvalue weighted by Crippen LogP contribution is -2.39. The number of hydrogen-bond donors (Lipinski definition) is 2.